The molecule has 0 aliphatic heterocycles. The predicted octanol–water partition coefficient (Wildman–Crippen LogP) is 4.20. The van der Waals surface area contributed by atoms with E-state index >= 15 is 0 Å². The number of allylic oxidation sites excluding steroid dienone is 2. The molecular weight excluding hydrogens is 244 g/mol. The molecule has 1 spiro atoms. The smallest absolute Gasteiger partial charge is 0.163 e. The summed E-state index contributed by atoms with van der Waals surface area (Å²) < 4.78 is 0. The second-order valence-corrected chi connectivity index (χ2v) is 6.55. The molecule has 3 aliphatic carbocycles. The van der Waals surface area contributed by atoms with Crippen molar-refractivity contribution in [1.29, 1.82) is 0 Å². The summed E-state index contributed by atoms with van der Waals surface area (Å²) >= 11 is 6.08. The second kappa shape index (κ2) is 3.48. The molecule has 2 heteroatoms. The first-order chi connectivity index (χ1) is 8.66. The molecule has 0 aromatic heterocycles. The van der Waals surface area contributed by atoms with Crippen molar-refractivity contribution in [3.8, 4) is 0 Å². The molecule has 0 heterocycles. The van der Waals surface area contributed by atoms with E-state index < -0.39 is 0 Å². The Morgan fingerprint density at radius 1 is 1.22 bits per heavy atom. The topological polar surface area (TPSA) is 17.1 Å². The third kappa shape index (κ3) is 1.37. The molecule has 1 fully saturated rings. The minimum atomic E-state index is 0.221. The van der Waals surface area contributed by atoms with Gasteiger partial charge in [-0.1, -0.05) is 23.3 Å². The maximum atomic E-state index is 12.4. The van der Waals surface area contributed by atoms with Gasteiger partial charge in [0.15, 0.2) is 5.78 Å². The molecule has 2 atom stereocenters. The van der Waals surface area contributed by atoms with E-state index in [1.165, 1.54) is 18.4 Å². The molecule has 18 heavy (non-hydrogen) atoms. The van der Waals surface area contributed by atoms with Gasteiger partial charge in [0.2, 0.25) is 0 Å². The van der Waals surface area contributed by atoms with Crippen LogP contribution in [0.25, 0.3) is 0 Å². The number of Topliss-reactive ketones (excluding diaryl/α,β-unsaturated/α-hetero) is 1. The lowest BCUT2D eigenvalue weighted by atomic mass is 9.64. The van der Waals surface area contributed by atoms with Gasteiger partial charge in [0, 0.05) is 17.0 Å². The lowest BCUT2D eigenvalue weighted by Crippen LogP contribution is -2.36. The molecule has 1 aromatic rings. The zero-order valence-electron chi connectivity index (χ0n) is 10.2. The molecule has 0 saturated heterocycles. The van der Waals surface area contributed by atoms with Crippen molar-refractivity contribution < 1.29 is 4.79 Å². The van der Waals surface area contributed by atoms with Crippen LogP contribution in [-0.2, 0) is 6.42 Å². The van der Waals surface area contributed by atoms with Crippen LogP contribution >= 0.6 is 11.6 Å². The van der Waals surface area contributed by atoms with E-state index in [9.17, 15) is 4.79 Å². The first kappa shape index (κ1) is 10.8. The normalized spacial score (nSPS) is 32.8. The van der Waals surface area contributed by atoms with Crippen molar-refractivity contribution in [2.24, 2.45) is 11.3 Å². The van der Waals surface area contributed by atoms with E-state index in [0.717, 1.165) is 29.8 Å². The molecule has 2 unspecified atom stereocenters. The van der Waals surface area contributed by atoms with Crippen LogP contribution in [0.2, 0.25) is 5.02 Å². The molecular formula is C16H15ClO. The highest BCUT2D eigenvalue weighted by molar-refractivity contribution is 6.30. The molecule has 2 bridgehead atoms. The second-order valence-electron chi connectivity index (χ2n) is 6.12. The Morgan fingerprint density at radius 2 is 2.11 bits per heavy atom. The van der Waals surface area contributed by atoms with Crippen molar-refractivity contribution in [2.45, 2.75) is 32.1 Å². The Labute approximate surface area is 112 Å². The van der Waals surface area contributed by atoms with Crippen molar-refractivity contribution >= 4 is 17.4 Å². The summed E-state index contributed by atoms with van der Waals surface area (Å²) in [5, 5.41) is 0.751. The molecule has 3 aliphatic rings. The maximum absolute atomic E-state index is 12.4. The highest BCUT2D eigenvalue weighted by atomic mass is 35.5. The van der Waals surface area contributed by atoms with Gasteiger partial charge in [-0.25, -0.2) is 0 Å². The predicted molar refractivity (Wildman–Crippen MR) is 72.0 cm³/mol. The van der Waals surface area contributed by atoms with Crippen LogP contribution in [0.5, 0.6) is 0 Å². The zero-order chi connectivity index (χ0) is 12.3. The summed E-state index contributed by atoms with van der Waals surface area (Å²) in [6.07, 6.45) is 7.70. The quantitative estimate of drug-likeness (QED) is 0.638. The summed E-state index contributed by atoms with van der Waals surface area (Å²) in [5.41, 5.74) is 3.88. The fourth-order valence-electron chi connectivity index (χ4n) is 4.25. The highest BCUT2D eigenvalue weighted by Gasteiger charge is 2.50. The number of hydrogen-bond acceptors (Lipinski definition) is 1. The Morgan fingerprint density at radius 3 is 2.83 bits per heavy atom. The van der Waals surface area contributed by atoms with Gasteiger partial charge >= 0.3 is 0 Å². The first-order valence-corrected chi connectivity index (χ1v) is 7.04. The standard InChI is InChI=1S/C16H15ClO/c17-13-3-4-14-11(6-13)8-16(9-15(14)18)7-10-1-2-12(16)5-10/h1,3-4,6,12H,2,5,7-9H2. The van der Waals surface area contributed by atoms with Gasteiger partial charge in [-0.3, -0.25) is 4.79 Å². The number of benzene rings is 1. The summed E-state index contributed by atoms with van der Waals surface area (Å²) in [4.78, 5) is 12.4. The van der Waals surface area contributed by atoms with Gasteiger partial charge in [-0.05, 0) is 60.8 Å². The van der Waals surface area contributed by atoms with Crippen LogP contribution in [0, 0.1) is 11.3 Å². The van der Waals surface area contributed by atoms with E-state index in [1.54, 1.807) is 5.57 Å². The van der Waals surface area contributed by atoms with Crippen LogP contribution in [0.15, 0.2) is 29.8 Å². The van der Waals surface area contributed by atoms with Gasteiger partial charge in [-0.2, -0.15) is 0 Å². The Hall–Kier alpha value is -1.08. The molecule has 1 nitrogen and oxygen atoms in total. The lowest BCUT2D eigenvalue weighted by Gasteiger charge is -2.39. The number of rotatable bonds is 0. The zero-order valence-corrected chi connectivity index (χ0v) is 11.0. The number of carbonyl (C=O) groups excluding carboxylic acids is 1. The SMILES string of the molecule is O=C1CC2(CC3=CCC2C3)Cc2cc(Cl)ccc21. The third-order valence-corrected chi connectivity index (χ3v) is 5.30. The molecule has 4 rings (SSSR count). The highest BCUT2D eigenvalue weighted by Crippen LogP contribution is 2.58. The number of hydrogen-bond donors (Lipinski definition) is 0. The van der Waals surface area contributed by atoms with Crippen LogP contribution in [0.4, 0.5) is 0 Å². The van der Waals surface area contributed by atoms with Crippen molar-refractivity contribution in [3.05, 3.63) is 46.0 Å². The van der Waals surface area contributed by atoms with Gasteiger partial charge < -0.3 is 0 Å². The Kier molecular flexibility index (Phi) is 2.09. The summed E-state index contributed by atoms with van der Waals surface area (Å²) in [6, 6.07) is 5.73. The average molecular weight is 259 g/mol. The van der Waals surface area contributed by atoms with Gasteiger partial charge in [0.25, 0.3) is 0 Å². The largest absolute Gasteiger partial charge is 0.294 e. The Bertz CT molecular complexity index is 587. The van der Waals surface area contributed by atoms with E-state index in [1.807, 2.05) is 18.2 Å². The van der Waals surface area contributed by atoms with E-state index in [2.05, 4.69) is 6.08 Å². The first-order valence-electron chi connectivity index (χ1n) is 6.66. The fourth-order valence-corrected chi connectivity index (χ4v) is 4.45. The summed E-state index contributed by atoms with van der Waals surface area (Å²) in [7, 11) is 0. The maximum Gasteiger partial charge on any atom is 0.163 e. The fraction of sp³-hybridized carbons (Fsp3) is 0.438. The van der Waals surface area contributed by atoms with Crippen molar-refractivity contribution in [2.75, 3.05) is 0 Å². The number of halogens is 1. The molecule has 0 N–H and O–H groups in total. The number of carbonyl (C=O) groups is 1. The van der Waals surface area contributed by atoms with Crippen LogP contribution in [-0.4, -0.2) is 5.78 Å². The van der Waals surface area contributed by atoms with Crippen molar-refractivity contribution in [3.63, 3.8) is 0 Å². The average Bonchev–Trinajstić information content (AvgIpc) is 2.88. The van der Waals surface area contributed by atoms with Crippen LogP contribution in [0.3, 0.4) is 0 Å². The number of ketones is 1. The van der Waals surface area contributed by atoms with Gasteiger partial charge in [0.1, 0.15) is 0 Å². The summed E-state index contributed by atoms with van der Waals surface area (Å²) in [6.45, 7) is 0. The number of fused-ring (bicyclic) bond motifs is 4. The molecule has 0 radical (unpaired) electrons. The van der Waals surface area contributed by atoms with Crippen molar-refractivity contribution in [1.82, 2.24) is 0 Å². The van der Waals surface area contributed by atoms with Gasteiger partial charge in [-0.15, -0.1) is 0 Å². The van der Waals surface area contributed by atoms with Crippen LogP contribution < -0.4 is 0 Å². The Balaban J connectivity index is 1.80. The molecule has 1 saturated carbocycles. The van der Waals surface area contributed by atoms with E-state index in [4.69, 9.17) is 11.6 Å². The third-order valence-electron chi connectivity index (χ3n) is 5.07. The minimum absolute atomic E-state index is 0.221. The minimum Gasteiger partial charge on any atom is -0.294 e. The van der Waals surface area contributed by atoms with Gasteiger partial charge in [0.05, 0.1) is 0 Å². The van der Waals surface area contributed by atoms with Crippen LogP contribution in [0.1, 0.15) is 41.6 Å². The molecule has 0 amide bonds. The molecule has 92 valence electrons. The lowest BCUT2D eigenvalue weighted by molar-refractivity contribution is 0.0824. The molecule has 1 aromatic carbocycles. The van der Waals surface area contributed by atoms with E-state index in [-0.39, 0.29) is 5.41 Å². The summed E-state index contributed by atoms with van der Waals surface area (Å²) in [5.74, 6) is 1.02. The monoisotopic (exact) mass is 258 g/mol. The van der Waals surface area contributed by atoms with E-state index in [0.29, 0.717) is 11.7 Å².